The summed E-state index contributed by atoms with van der Waals surface area (Å²) >= 11 is 0. The Kier molecular flexibility index (Phi) is 10.4. The summed E-state index contributed by atoms with van der Waals surface area (Å²) in [5, 5.41) is 9.76. The molecule has 0 radical (unpaired) electrons. The van der Waals surface area contributed by atoms with Gasteiger partial charge in [0.1, 0.15) is 0 Å². The maximum absolute atomic E-state index is 9.76. The molecule has 3 heteroatoms. The van der Waals surface area contributed by atoms with Gasteiger partial charge in [-0.2, -0.15) is 0 Å². The molecule has 0 heterocycles. The van der Waals surface area contributed by atoms with Gasteiger partial charge in [-0.1, -0.05) is 19.8 Å². The molecule has 0 N–H and O–H groups in total. The van der Waals surface area contributed by atoms with Gasteiger partial charge >= 0.3 is 17.1 Å². The molecule has 0 amide bonds. The van der Waals surface area contributed by atoms with Crippen LogP contribution in [0.3, 0.4) is 0 Å². The predicted octanol–water partition coefficient (Wildman–Crippen LogP) is 0.314. The Morgan fingerprint density at radius 3 is 2.33 bits per heavy atom. The molecule has 0 rings (SSSR count). The molecule has 0 aliphatic rings. The van der Waals surface area contributed by atoms with Gasteiger partial charge < -0.3 is 9.90 Å². The van der Waals surface area contributed by atoms with Crippen molar-refractivity contribution in [2.45, 2.75) is 32.6 Å². The van der Waals surface area contributed by atoms with Crippen LogP contribution in [-0.2, 0) is 21.9 Å². The molecule has 0 bridgehead atoms. The first-order valence-corrected chi connectivity index (χ1v) is 2.97. The van der Waals surface area contributed by atoms with Crippen molar-refractivity contribution in [3.05, 3.63) is 0 Å². The van der Waals surface area contributed by atoms with E-state index in [9.17, 15) is 9.90 Å². The van der Waals surface area contributed by atoms with Crippen molar-refractivity contribution in [3.8, 4) is 0 Å². The van der Waals surface area contributed by atoms with Crippen molar-refractivity contribution >= 4 is 5.97 Å². The predicted molar refractivity (Wildman–Crippen MR) is 29.1 cm³/mol. The second-order valence-corrected chi connectivity index (χ2v) is 1.83. The number of carbonyl (C=O) groups excluding carboxylic acids is 1. The minimum absolute atomic E-state index is 0. The van der Waals surface area contributed by atoms with Crippen molar-refractivity contribution in [3.63, 3.8) is 0 Å². The number of carboxylic acids is 1. The second kappa shape index (κ2) is 7.99. The van der Waals surface area contributed by atoms with Crippen LogP contribution in [0, 0.1) is 0 Å². The third-order valence-electron chi connectivity index (χ3n) is 0.984. The molecule has 0 aliphatic heterocycles. The molecule has 58 valence electrons. The van der Waals surface area contributed by atoms with Crippen LogP contribution in [0.2, 0.25) is 0 Å². The van der Waals surface area contributed by atoms with E-state index in [1.54, 1.807) is 0 Å². The van der Waals surface area contributed by atoms with Gasteiger partial charge in [0.05, 0.1) is 0 Å². The van der Waals surface area contributed by atoms with E-state index in [4.69, 9.17) is 0 Å². The Labute approximate surface area is 66.1 Å². The van der Waals surface area contributed by atoms with E-state index in [-0.39, 0.29) is 23.5 Å². The average Bonchev–Trinajstić information content (AvgIpc) is 1.66. The zero-order chi connectivity index (χ0) is 6.41. The maximum Gasteiger partial charge on any atom is 1.00 e. The fraction of sp³-hybridized carbons (Fsp3) is 0.833. The molecule has 0 aliphatic carbocycles. The van der Waals surface area contributed by atoms with E-state index in [1.807, 2.05) is 6.92 Å². The van der Waals surface area contributed by atoms with Crippen molar-refractivity contribution < 1.29 is 27.0 Å². The molecule has 2 nitrogen and oxygen atoms in total. The van der Waals surface area contributed by atoms with Crippen molar-refractivity contribution in [1.82, 2.24) is 0 Å². The normalized spacial score (nSPS) is 8.11. The minimum Gasteiger partial charge on any atom is -0.550 e. The van der Waals surface area contributed by atoms with Crippen LogP contribution in [-0.4, -0.2) is 5.97 Å². The fourth-order valence-corrected chi connectivity index (χ4v) is 0.519. The Balaban J connectivity index is 0. The largest absolute Gasteiger partial charge is 1.00 e. The first-order chi connectivity index (χ1) is 3.77. The van der Waals surface area contributed by atoms with Crippen LogP contribution in [0.15, 0.2) is 0 Å². The summed E-state index contributed by atoms with van der Waals surface area (Å²) in [6.45, 7) is 2.04. The molecular formula is C6H11CuO2. The van der Waals surface area contributed by atoms with Gasteiger partial charge in [-0.05, 0) is 12.8 Å². The van der Waals surface area contributed by atoms with Crippen molar-refractivity contribution in [1.29, 1.82) is 0 Å². The molecule has 0 aromatic carbocycles. The standard InChI is InChI=1S/C6H12O2.Cu/c1-2-3-4-5-6(7)8;/h2-5H2,1H3,(H,7,8);/q;+1/p-1. The summed E-state index contributed by atoms with van der Waals surface area (Å²) in [4.78, 5) is 9.76. The third-order valence-corrected chi connectivity index (χ3v) is 0.984. The topological polar surface area (TPSA) is 40.1 Å². The molecule has 0 saturated carbocycles. The fourth-order valence-electron chi connectivity index (χ4n) is 0.519. The average molecular weight is 179 g/mol. The van der Waals surface area contributed by atoms with Crippen molar-refractivity contribution in [2.24, 2.45) is 0 Å². The van der Waals surface area contributed by atoms with E-state index in [1.165, 1.54) is 0 Å². The molecule has 0 atom stereocenters. The molecule has 0 saturated heterocycles. The Morgan fingerprint density at radius 1 is 1.44 bits per heavy atom. The van der Waals surface area contributed by atoms with Crippen LogP contribution in [0.5, 0.6) is 0 Å². The molecular weight excluding hydrogens is 168 g/mol. The summed E-state index contributed by atoms with van der Waals surface area (Å²) in [5.41, 5.74) is 0. The smallest absolute Gasteiger partial charge is 0.550 e. The number of unbranched alkanes of at least 4 members (excludes halogenated alkanes) is 2. The van der Waals surface area contributed by atoms with Gasteiger partial charge in [0.25, 0.3) is 0 Å². The second-order valence-electron chi connectivity index (χ2n) is 1.83. The first kappa shape index (κ1) is 11.7. The van der Waals surface area contributed by atoms with Gasteiger partial charge in [0.15, 0.2) is 0 Å². The maximum atomic E-state index is 9.76. The Morgan fingerprint density at radius 2 is 2.00 bits per heavy atom. The van der Waals surface area contributed by atoms with Crippen LogP contribution in [0.1, 0.15) is 32.6 Å². The van der Waals surface area contributed by atoms with E-state index in [0.717, 1.165) is 19.3 Å². The van der Waals surface area contributed by atoms with Crippen LogP contribution in [0.25, 0.3) is 0 Å². The van der Waals surface area contributed by atoms with Crippen LogP contribution in [0.4, 0.5) is 0 Å². The SMILES string of the molecule is CCCCCC(=O)[O-].[Cu+]. The summed E-state index contributed by atoms with van der Waals surface area (Å²) < 4.78 is 0. The Bertz CT molecular complexity index is 73.5. The minimum atomic E-state index is -0.932. The summed E-state index contributed by atoms with van der Waals surface area (Å²) in [6.07, 6.45) is 3.04. The van der Waals surface area contributed by atoms with E-state index >= 15 is 0 Å². The van der Waals surface area contributed by atoms with Gasteiger partial charge in [-0.3, -0.25) is 0 Å². The zero-order valence-corrected chi connectivity index (χ0v) is 6.39. The number of carboxylic acid groups (broad SMARTS) is 1. The van der Waals surface area contributed by atoms with E-state index in [2.05, 4.69) is 0 Å². The molecule has 0 spiro atoms. The van der Waals surface area contributed by atoms with Gasteiger partial charge in [0.2, 0.25) is 0 Å². The molecule has 0 aromatic rings. The summed E-state index contributed by atoms with van der Waals surface area (Å²) in [7, 11) is 0. The zero-order valence-electron chi connectivity index (χ0n) is 5.45. The van der Waals surface area contributed by atoms with Crippen LogP contribution < -0.4 is 5.11 Å². The molecule has 9 heavy (non-hydrogen) atoms. The van der Waals surface area contributed by atoms with Gasteiger partial charge in [0, 0.05) is 5.97 Å². The van der Waals surface area contributed by atoms with Crippen molar-refractivity contribution in [2.75, 3.05) is 0 Å². The molecule has 0 unspecified atom stereocenters. The van der Waals surface area contributed by atoms with Crippen LogP contribution >= 0.6 is 0 Å². The summed E-state index contributed by atoms with van der Waals surface area (Å²) in [5.74, 6) is -0.932. The molecule has 0 aromatic heterocycles. The number of hydrogen-bond acceptors (Lipinski definition) is 2. The first-order valence-electron chi connectivity index (χ1n) is 2.97. The quantitative estimate of drug-likeness (QED) is 0.460. The Hall–Kier alpha value is -0.0105. The monoisotopic (exact) mass is 178 g/mol. The third kappa shape index (κ3) is 11.5. The number of rotatable bonds is 4. The number of aliphatic carboxylic acids is 1. The van der Waals surface area contributed by atoms with E-state index in [0.29, 0.717) is 0 Å². The molecule has 0 fully saturated rings. The number of hydrogen-bond donors (Lipinski definition) is 0. The van der Waals surface area contributed by atoms with Gasteiger partial charge in [-0.15, -0.1) is 0 Å². The van der Waals surface area contributed by atoms with Gasteiger partial charge in [-0.25, -0.2) is 0 Å². The summed E-state index contributed by atoms with van der Waals surface area (Å²) in [6, 6.07) is 0. The number of carbonyl (C=O) groups is 1. The van der Waals surface area contributed by atoms with E-state index < -0.39 is 5.97 Å².